The van der Waals surface area contributed by atoms with Crippen LogP contribution in [0.2, 0.25) is 0 Å². The minimum absolute atomic E-state index is 0.0450. The zero-order valence-corrected chi connectivity index (χ0v) is 16.4. The minimum Gasteiger partial charge on any atom is -0.460 e. The number of aliphatic hydroxyl groups is 1. The number of carbonyl (C=O) groups excluding carboxylic acids is 3. The summed E-state index contributed by atoms with van der Waals surface area (Å²) < 4.78 is 4.88. The quantitative estimate of drug-likeness (QED) is 0.240. The lowest BCUT2D eigenvalue weighted by atomic mass is 10.1. The number of hydrogen-bond acceptors (Lipinski definition) is 8. The molecule has 0 bridgehead atoms. The molecule has 0 unspecified atom stereocenters. The summed E-state index contributed by atoms with van der Waals surface area (Å²) in [7, 11) is 1.85. The second-order valence-electron chi connectivity index (χ2n) is 6.10. The summed E-state index contributed by atoms with van der Waals surface area (Å²) in [4.78, 5) is 41.2. The fraction of sp³-hybridized carbons (Fsp3) is 0.238. The number of aliphatic hydroxyl groups excluding tert-OH is 1. The Morgan fingerprint density at radius 2 is 1.45 bits per heavy atom. The molecule has 8 heteroatoms. The lowest BCUT2D eigenvalue weighted by Crippen LogP contribution is -2.13. The number of nitrogens with zero attached hydrogens (tertiary/aromatic N) is 2. The Balaban J connectivity index is 2.09. The number of Topliss-reactive ketones (excluding diaryl/α,β-unsaturated/α-hetero) is 1. The van der Waals surface area contributed by atoms with E-state index in [1.54, 1.807) is 48.5 Å². The van der Waals surface area contributed by atoms with Crippen molar-refractivity contribution in [2.75, 3.05) is 25.2 Å². The molecule has 8 nitrogen and oxygen atoms in total. The van der Waals surface area contributed by atoms with Gasteiger partial charge in [-0.05, 0) is 55.5 Å². The van der Waals surface area contributed by atoms with Gasteiger partial charge in [-0.15, -0.1) is 0 Å². The number of hydrogen-bond donors (Lipinski definition) is 1. The van der Waals surface area contributed by atoms with E-state index in [4.69, 9.17) is 9.84 Å². The maximum atomic E-state index is 12.3. The van der Waals surface area contributed by atoms with Crippen LogP contribution in [0.25, 0.3) is 0 Å². The molecule has 0 spiro atoms. The number of ether oxygens (including phenoxy) is 1. The number of benzene rings is 2. The van der Waals surface area contributed by atoms with Gasteiger partial charge in [-0.2, -0.15) is 0 Å². The van der Waals surface area contributed by atoms with Gasteiger partial charge in [0, 0.05) is 30.9 Å². The molecule has 0 fully saturated rings. The Labute approximate surface area is 168 Å². The molecule has 0 aromatic heterocycles. The molecular formula is C21H22N2O6. The van der Waals surface area contributed by atoms with Crippen LogP contribution >= 0.6 is 0 Å². The second kappa shape index (κ2) is 10.1. The number of rotatable bonds is 8. The molecule has 0 aliphatic heterocycles. The van der Waals surface area contributed by atoms with Crippen LogP contribution in [-0.4, -0.2) is 48.8 Å². The number of oxime groups is 1. The Morgan fingerprint density at radius 3 is 1.93 bits per heavy atom. The molecule has 0 saturated heterocycles. The predicted molar refractivity (Wildman–Crippen MR) is 108 cm³/mol. The lowest BCUT2D eigenvalue weighted by molar-refractivity contribution is -0.140. The number of ketones is 1. The Bertz CT molecular complexity index is 904. The first-order valence-corrected chi connectivity index (χ1v) is 8.82. The molecule has 152 valence electrons. The molecular weight excluding hydrogens is 376 g/mol. The van der Waals surface area contributed by atoms with Gasteiger partial charge in [0.2, 0.25) is 5.78 Å². The summed E-state index contributed by atoms with van der Waals surface area (Å²) in [5.41, 5.74) is 2.53. The van der Waals surface area contributed by atoms with Crippen LogP contribution in [0.1, 0.15) is 34.6 Å². The average Bonchev–Trinajstić information content (AvgIpc) is 2.74. The van der Waals surface area contributed by atoms with Crippen molar-refractivity contribution < 1.29 is 29.1 Å². The highest BCUT2D eigenvalue weighted by atomic mass is 16.7. The number of esters is 1. The van der Waals surface area contributed by atoms with Gasteiger partial charge in [-0.25, -0.2) is 9.59 Å². The van der Waals surface area contributed by atoms with Crippen LogP contribution in [0, 0.1) is 0 Å². The van der Waals surface area contributed by atoms with Crippen molar-refractivity contribution in [3.8, 4) is 0 Å². The van der Waals surface area contributed by atoms with Crippen molar-refractivity contribution in [1.29, 1.82) is 0 Å². The zero-order valence-electron chi connectivity index (χ0n) is 16.4. The second-order valence-corrected chi connectivity index (χ2v) is 6.10. The largest absolute Gasteiger partial charge is 0.460 e. The van der Waals surface area contributed by atoms with Gasteiger partial charge >= 0.3 is 11.9 Å². The van der Waals surface area contributed by atoms with E-state index in [9.17, 15) is 14.4 Å². The maximum absolute atomic E-state index is 12.3. The number of anilines is 2. The monoisotopic (exact) mass is 398 g/mol. The Hall–Kier alpha value is -3.52. The van der Waals surface area contributed by atoms with Crippen molar-refractivity contribution in [3.63, 3.8) is 0 Å². The molecule has 0 atom stereocenters. The summed E-state index contributed by atoms with van der Waals surface area (Å²) in [5.74, 6) is -1.44. The molecule has 0 aliphatic carbocycles. The summed E-state index contributed by atoms with van der Waals surface area (Å²) in [5, 5.41) is 12.2. The molecule has 2 rings (SSSR count). The van der Waals surface area contributed by atoms with Crippen LogP contribution in [0.4, 0.5) is 11.4 Å². The third kappa shape index (κ3) is 5.98. The van der Waals surface area contributed by atoms with Crippen molar-refractivity contribution >= 4 is 34.8 Å². The van der Waals surface area contributed by atoms with Crippen LogP contribution in [0.15, 0.2) is 53.7 Å². The standard InChI is InChI=1S/C21H22N2O6/c1-14(22-29-15(2)25)20(26)16-4-8-18(9-5-16)23(3)19-10-6-17(7-11-19)21(27)28-13-12-24/h4-11,24H,12-13H2,1-3H3/b22-14+. The van der Waals surface area contributed by atoms with E-state index in [2.05, 4.69) is 9.99 Å². The van der Waals surface area contributed by atoms with Gasteiger partial charge in [-0.3, -0.25) is 4.79 Å². The van der Waals surface area contributed by atoms with E-state index < -0.39 is 11.9 Å². The average molecular weight is 398 g/mol. The van der Waals surface area contributed by atoms with Crippen LogP contribution in [0.5, 0.6) is 0 Å². The maximum Gasteiger partial charge on any atom is 0.338 e. The lowest BCUT2D eigenvalue weighted by Gasteiger charge is -2.20. The summed E-state index contributed by atoms with van der Waals surface area (Å²) in [6.07, 6.45) is 0. The van der Waals surface area contributed by atoms with Gasteiger partial charge in [0.1, 0.15) is 12.3 Å². The molecule has 1 N–H and O–H groups in total. The van der Waals surface area contributed by atoms with Crippen molar-refractivity contribution in [2.24, 2.45) is 5.16 Å². The summed E-state index contributed by atoms with van der Waals surface area (Å²) in [6.45, 7) is 2.41. The number of carbonyl (C=O) groups is 3. The predicted octanol–water partition coefficient (Wildman–Crippen LogP) is 2.73. The highest BCUT2D eigenvalue weighted by Gasteiger charge is 2.13. The van der Waals surface area contributed by atoms with Gasteiger partial charge in [-0.1, -0.05) is 5.16 Å². The first kappa shape index (κ1) is 21.8. The summed E-state index contributed by atoms with van der Waals surface area (Å²) >= 11 is 0. The fourth-order valence-corrected chi connectivity index (χ4v) is 2.41. The topological polar surface area (TPSA) is 106 Å². The van der Waals surface area contributed by atoms with E-state index in [-0.39, 0.29) is 24.7 Å². The van der Waals surface area contributed by atoms with Crippen molar-refractivity contribution in [3.05, 3.63) is 59.7 Å². The molecule has 2 aromatic rings. The van der Waals surface area contributed by atoms with E-state index >= 15 is 0 Å². The van der Waals surface area contributed by atoms with Gasteiger partial charge in [0.25, 0.3) is 0 Å². The highest BCUT2D eigenvalue weighted by molar-refractivity contribution is 6.45. The molecule has 0 heterocycles. The molecule has 0 aliphatic rings. The third-order valence-electron chi connectivity index (χ3n) is 3.97. The molecule has 2 aromatic carbocycles. The zero-order chi connectivity index (χ0) is 21.4. The van der Waals surface area contributed by atoms with Crippen molar-refractivity contribution in [2.45, 2.75) is 13.8 Å². The summed E-state index contributed by atoms with van der Waals surface area (Å²) in [6, 6.07) is 13.7. The van der Waals surface area contributed by atoms with Crippen LogP contribution in [0.3, 0.4) is 0 Å². The molecule has 0 amide bonds. The van der Waals surface area contributed by atoms with Gasteiger partial charge in [0.05, 0.1) is 12.2 Å². The van der Waals surface area contributed by atoms with Crippen molar-refractivity contribution in [1.82, 2.24) is 0 Å². The van der Waals surface area contributed by atoms with E-state index in [0.717, 1.165) is 11.4 Å². The van der Waals surface area contributed by atoms with Gasteiger partial charge < -0.3 is 19.6 Å². The fourth-order valence-electron chi connectivity index (χ4n) is 2.41. The molecule has 0 radical (unpaired) electrons. The highest BCUT2D eigenvalue weighted by Crippen LogP contribution is 2.24. The third-order valence-corrected chi connectivity index (χ3v) is 3.97. The SMILES string of the molecule is CC(=O)O/N=C(\C)C(=O)c1ccc(N(C)c2ccc(C(=O)OCCO)cc2)cc1. The first-order valence-electron chi connectivity index (χ1n) is 8.82. The molecule has 29 heavy (non-hydrogen) atoms. The van der Waals surface area contributed by atoms with Gasteiger partial charge in [0.15, 0.2) is 0 Å². The van der Waals surface area contributed by atoms with E-state index in [1.807, 2.05) is 11.9 Å². The normalized spacial score (nSPS) is 11.0. The van der Waals surface area contributed by atoms with Crippen LogP contribution in [-0.2, 0) is 14.4 Å². The smallest absolute Gasteiger partial charge is 0.338 e. The Kier molecular flexibility index (Phi) is 7.62. The van der Waals surface area contributed by atoms with E-state index in [0.29, 0.717) is 11.1 Å². The molecule has 0 saturated carbocycles. The Morgan fingerprint density at radius 1 is 0.931 bits per heavy atom. The first-order chi connectivity index (χ1) is 13.8. The minimum atomic E-state index is -0.596. The van der Waals surface area contributed by atoms with Crippen LogP contribution < -0.4 is 4.90 Å². The van der Waals surface area contributed by atoms with E-state index in [1.165, 1.54) is 13.8 Å².